The molecule has 1 aromatic heterocycles. The van der Waals surface area contributed by atoms with E-state index in [1.807, 2.05) is 24.3 Å². The molecule has 1 amide bonds. The van der Waals surface area contributed by atoms with Crippen LogP contribution in [0.5, 0.6) is 0 Å². The van der Waals surface area contributed by atoms with Crippen LogP contribution in [0.25, 0.3) is 5.69 Å². The highest BCUT2D eigenvalue weighted by molar-refractivity contribution is 7.99. The van der Waals surface area contributed by atoms with Crippen molar-refractivity contribution in [3.8, 4) is 5.69 Å². The summed E-state index contributed by atoms with van der Waals surface area (Å²) in [5.41, 5.74) is 3.00. The number of thioether (sulfide) groups is 1. The van der Waals surface area contributed by atoms with Gasteiger partial charge in [0.2, 0.25) is 11.1 Å². The first kappa shape index (κ1) is 19.0. The Morgan fingerprint density at radius 1 is 1.22 bits per heavy atom. The number of aryl methyl sites for hydroxylation is 1. The third-order valence-corrected chi connectivity index (χ3v) is 4.90. The molecule has 8 heteroatoms. The van der Waals surface area contributed by atoms with Crippen LogP contribution in [0.1, 0.15) is 30.9 Å². The molecule has 0 aliphatic heterocycles. The minimum absolute atomic E-state index is 0.0672. The van der Waals surface area contributed by atoms with Gasteiger partial charge in [-0.15, -0.1) is 5.10 Å². The quantitative estimate of drug-likeness (QED) is 0.650. The van der Waals surface area contributed by atoms with Crippen LogP contribution in [0.2, 0.25) is 0 Å². The number of hydrogen-bond donors (Lipinski definition) is 1. The van der Waals surface area contributed by atoms with Crippen LogP contribution in [0, 0.1) is 12.7 Å². The van der Waals surface area contributed by atoms with Crippen LogP contribution < -0.4 is 5.32 Å². The molecular weight excluding hydrogens is 365 g/mol. The number of amides is 1. The molecule has 0 radical (unpaired) electrons. The number of tetrazole rings is 1. The van der Waals surface area contributed by atoms with Crippen LogP contribution in [0.15, 0.2) is 47.6 Å². The van der Waals surface area contributed by atoms with Gasteiger partial charge in [-0.25, -0.2) is 4.39 Å². The Morgan fingerprint density at radius 3 is 2.63 bits per heavy atom. The van der Waals surface area contributed by atoms with Gasteiger partial charge in [-0.3, -0.25) is 4.79 Å². The number of halogens is 1. The summed E-state index contributed by atoms with van der Waals surface area (Å²) < 4.78 is 15.4. The van der Waals surface area contributed by atoms with Crippen LogP contribution >= 0.6 is 11.8 Å². The van der Waals surface area contributed by atoms with E-state index >= 15 is 0 Å². The monoisotopic (exact) mass is 385 g/mol. The summed E-state index contributed by atoms with van der Waals surface area (Å²) in [5, 5.41) is 14.7. The van der Waals surface area contributed by atoms with E-state index in [0.29, 0.717) is 11.1 Å². The molecule has 6 nitrogen and oxygen atoms in total. The smallest absolute Gasteiger partial charge is 0.234 e. The first-order chi connectivity index (χ1) is 12.9. The van der Waals surface area contributed by atoms with E-state index in [2.05, 4.69) is 34.7 Å². The topological polar surface area (TPSA) is 72.7 Å². The van der Waals surface area contributed by atoms with Gasteiger partial charge in [-0.1, -0.05) is 43.8 Å². The highest BCUT2D eigenvalue weighted by Gasteiger charge is 2.13. The molecule has 140 valence electrons. The van der Waals surface area contributed by atoms with Crippen molar-refractivity contribution in [1.82, 2.24) is 20.2 Å². The molecule has 0 unspecified atom stereocenters. The van der Waals surface area contributed by atoms with E-state index in [4.69, 9.17) is 0 Å². The Balaban J connectivity index is 1.65. The molecule has 0 atom stereocenters. The van der Waals surface area contributed by atoms with Crippen molar-refractivity contribution in [1.29, 1.82) is 0 Å². The van der Waals surface area contributed by atoms with E-state index in [1.165, 1.54) is 23.4 Å². The van der Waals surface area contributed by atoms with Crippen molar-refractivity contribution in [3.05, 3.63) is 59.4 Å². The Morgan fingerprint density at radius 2 is 1.96 bits per heavy atom. The van der Waals surface area contributed by atoms with Gasteiger partial charge >= 0.3 is 0 Å². The van der Waals surface area contributed by atoms with Crippen molar-refractivity contribution in [3.63, 3.8) is 0 Å². The fraction of sp³-hybridized carbons (Fsp3) is 0.263. The molecule has 2 aromatic carbocycles. The summed E-state index contributed by atoms with van der Waals surface area (Å²) in [6, 6.07) is 12.6. The highest BCUT2D eigenvalue weighted by Crippen LogP contribution is 2.21. The Kier molecular flexibility index (Phi) is 5.85. The summed E-state index contributed by atoms with van der Waals surface area (Å²) >= 11 is 1.19. The summed E-state index contributed by atoms with van der Waals surface area (Å²) in [5.74, 6) is -0.277. The van der Waals surface area contributed by atoms with Crippen LogP contribution in [-0.4, -0.2) is 31.9 Å². The number of carbonyl (C=O) groups excluding carboxylic acids is 1. The lowest BCUT2D eigenvalue weighted by molar-refractivity contribution is -0.113. The number of carbonyl (C=O) groups is 1. The number of hydrogen-bond acceptors (Lipinski definition) is 5. The summed E-state index contributed by atoms with van der Waals surface area (Å²) in [7, 11) is 0. The molecule has 0 saturated carbocycles. The maximum Gasteiger partial charge on any atom is 0.234 e. The van der Waals surface area contributed by atoms with Crippen molar-refractivity contribution >= 4 is 23.4 Å². The zero-order chi connectivity index (χ0) is 19.4. The van der Waals surface area contributed by atoms with E-state index < -0.39 is 5.82 Å². The van der Waals surface area contributed by atoms with Gasteiger partial charge < -0.3 is 5.32 Å². The number of aromatic nitrogens is 4. The first-order valence-corrected chi connectivity index (χ1v) is 9.50. The summed E-state index contributed by atoms with van der Waals surface area (Å²) in [6.07, 6.45) is 0. The lowest BCUT2D eigenvalue weighted by atomic mass is 10.0. The zero-order valence-electron chi connectivity index (χ0n) is 15.3. The lowest BCUT2D eigenvalue weighted by Gasteiger charge is -2.08. The molecule has 3 aromatic rings. The van der Waals surface area contributed by atoms with Gasteiger partial charge in [0.25, 0.3) is 0 Å². The Hall–Kier alpha value is -2.74. The Labute approximate surface area is 161 Å². The minimum Gasteiger partial charge on any atom is -0.323 e. The van der Waals surface area contributed by atoms with Gasteiger partial charge in [0.05, 0.1) is 17.1 Å². The third kappa shape index (κ3) is 4.71. The molecule has 0 spiro atoms. The van der Waals surface area contributed by atoms with Crippen molar-refractivity contribution < 1.29 is 9.18 Å². The predicted molar refractivity (Wildman–Crippen MR) is 104 cm³/mol. The standard InChI is InChI=1S/C19H20FN5OS/c1-12(2)14-5-7-15(8-6-14)25-19(22-23-24-25)27-11-18(26)21-17-9-4-13(3)10-16(17)20/h4-10,12H,11H2,1-3H3,(H,21,26). The second-order valence-corrected chi connectivity index (χ2v) is 7.38. The van der Waals surface area contributed by atoms with Crippen molar-refractivity contribution in [2.24, 2.45) is 0 Å². The number of benzene rings is 2. The molecular formula is C19H20FN5OS. The van der Waals surface area contributed by atoms with Crippen LogP contribution in [0.3, 0.4) is 0 Å². The van der Waals surface area contributed by atoms with E-state index in [0.717, 1.165) is 11.3 Å². The number of nitrogens with one attached hydrogen (secondary N) is 1. The largest absolute Gasteiger partial charge is 0.323 e. The minimum atomic E-state index is -0.455. The van der Waals surface area contributed by atoms with Gasteiger partial charge in [0, 0.05) is 0 Å². The van der Waals surface area contributed by atoms with E-state index in [9.17, 15) is 9.18 Å². The molecule has 0 bridgehead atoms. The normalized spacial score (nSPS) is 11.0. The van der Waals surface area contributed by atoms with Gasteiger partial charge in [0.1, 0.15) is 5.82 Å². The molecule has 0 aliphatic rings. The average Bonchev–Trinajstić information content (AvgIpc) is 3.11. The second kappa shape index (κ2) is 8.30. The van der Waals surface area contributed by atoms with Crippen LogP contribution in [0.4, 0.5) is 10.1 Å². The third-order valence-electron chi connectivity index (χ3n) is 3.98. The second-order valence-electron chi connectivity index (χ2n) is 6.44. The van der Waals surface area contributed by atoms with Crippen molar-refractivity contribution in [2.45, 2.75) is 31.8 Å². The maximum atomic E-state index is 13.8. The summed E-state index contributed by atoms with van der Waals surface area (Å²) in [6.45, 7) is 6.05. The molecule has 0 fully saturated rings. The van der Waals surface area contributed by atoms with E-state index in [-0.39, 0.29) is 17.3 Å². The first-order valence-electron chi connectivity index (χ1n) is 8.51. The predicted octanol–water partition coefficient (Wildman–Crippen LogP) is 3.96. The lowest BCUT2D eigenvalue weighted by Crippen LogP contribution is -2.15. The number of nitrogens with zero attached hydrogens (tertiary/aromatic N) is 4. The number of anilines is 1. The summed E-state index contributed by atoms with van der Waals surface area (Å²) in [4.78, 5) is 12.1. The van der Waals surface area contributed by atoms with Crippen LogP contribution in [-0.2, 0) is 4.79 Å². The highest BCUT2D eigenvalue weighted by atomic mass is 32.2. The van der Waals surface area contributed by atoms with Gasteiger partial charge in [0.15, 0.2) is 0 Å². The fourth-order valence-corrected chi connectivity index (χ4v) is 3.16. The van der Waals surface area contributed by atoms with Gasteiger partial charge in [-0.2, -0.15) is 4.68 Å². The molecule has 3 rings (SSSR count). The number of rotatable bonds is 6. The van der Waals surface area contributed by atoms with E-state index in [1.54, 1.807) is 23.7 Å². The fourth-order valence-electron chi connectivity index (χ4n) is 2.47. The Bertz CT molecular complexity index is 940. The molecule has 0 aliphatic carbocycles. The molecule has 0 saturated heterocycles. The SMILES string of the molecule is Cc1ccc(NC(=O)CSc2nnnn2-c2ccc(C(C)C)cc2)c(F)c1. The van der Waals surface area contributed by atoms with Crippen molar-refractivity contribution in [2.75, 3.05) is 11.1 Å². The zero-order valence-corrected chi connectivity index (χ0v) is 16.1. The molecule has 1 N–H and O–H groups in total. The maximum absolute atomic E-state index is 13.8. The molecule has 1 heterocycles. The molecule has 27 heavy (non-hydrogen) atoms. The van der Waals surface area contributed by atoms with Gasteiger partial charge in [-0.05, 0) is 58.7 Å². The average molecular weight is 385 g/mol.